The molecule has 0 saturated carbocycles. The molecule has 1 aromatic heterocycles. The van der Waals surface area contributed by atoms with Gasteiger partial charge in [-0.25, -0.2) is 4.99 Å². The molecule has 1 N–H and O–H groups in total. The van der Waals surface area contributed by atoms with E-state index in [2.05, 4.69) is 61.5 Å². The van der Waals surface area contributed by atoms with Crippen molar-refractivity contribution in [3.63, 3.8) is 0 Å². The number of aromatic nitrogens is 3. The fourth-order valence-corrected chi connectivity index (χ4v) is 3.39. The molecule has 162 valence electrons. The Morgan fingerprint density at radius 3 is 2.57 bits per heavy atom. The lowest BCUT2D eigenvalue weighted by atomic mass is 10.2. The number of hydrogen-bond donors (Lipinski definition) is 1. The molecule has 30 heavy (non-hydrogen) atoms. The Morgan fingerprint density at radius 1 is 1.17 bits per heavy atom. The smallest absolute Gasteiger partial charge is 0.243 e. The van der Waals surface area contributed by atoms with Crippen LogP contribution in [-0.4, -0.2) is 89.8 Å². The van der Waals surface area contributed by atoms with E-state index in [0.29, 0.717) is 6.54 Å². The van der Waals surface area contributed by atoms with Crippen LogP contribution in [0.3, 0.4) is 0 Å². The average molecular weight is 413 g/mol. The molecule has 1 aliphatic rings. The lowest BCUT2D eigenvalue weighted by Gasteiger charge is -2.37. The normalized spacial score (nSPS) is 14.7. The van der Waals surface area contributed by atoms with Gasteiger partial charge in [0.1, 0.15) is 18.7 Å². The number of benzene rings is 1. The number of likely N-dealkylation sites (N-methyl/N-ethyl adjacent to an activating group) is 1. The van der Waals surface area contributed by atoms with Crippen molar-refractivity contribution in [1.29, 1.82) is 0 Å². The molecule has 0 aliphatic carbocycles. The highest BCUT2D eigenvalue weighted by Crippen LogP contribution is 2.15. The Kier molecular flexibility index (Phi) is 7.64. The molecule has 0 spiro atoms. The van der Waals surface area contributed by atoms with Gasteiger partial charge in [0.25, 0.3) is 0 Å². The van der Waals surface area contributed by atoms with Crippen LogP contribution in [0.5, 0.6) is 0 Å². The van der Waals surface area contributed by atoms with Gasteiger partial charge in [-0.05, 0) is 12.1 Å². The van der Waals surface area contributed by atoms with E-state index in [4.69, 9.17) is 0 Å². The minimum Gasteiger partial charge on any atom is -0.368 e. The van der Waals surface area contributed by atoms with Crippen LogP contribution >= 0.6 is 0 Å². The summed E-state index contributed by atoms with van der Waals surface area (Å²) in [6.45, 7) is 7.18. The second-order valence-electron chi connectivity index (χ2n) is 7.46. The van der Waals surface area contributed by atoms with E-state index in [1.807, 2.05) is 10.6 Å². The predicted octanol–water partition coefficient (Wildman–Crippen LogP) is 0.697. The first kappa shape index (κ1) is 21.6. The maximum Gasteiger partial charge on any atom is 0.243 e. The average Bonchev–Trinajstić information content (AvgIpc) is 3.24. The summed E-state index contributed by atoms with van der Waals surface area (Å²) in [6.07, 6.45) is 2.60. The number of nitrogens with one attached hydrogen (secondary N) is 1. The van der Waals surface area contributed by atoms with E-state index in [1.54, 1.807) is 25.3 Å². The van der Waals surface area contributed by atoms with Crippen LogP contribution in [0.2, 0.25) is 0 Å². The summed E-state index contributed by atoms with van der Waals surface area (Å²) in [5, 5.41) is 11.6. The quantitative estimate of drug-likeness (QED) is 0.533. The summed E-state index contributed by atoms with van der Waals surface area (Å²) in [5.74, 6) is 1.74. The van der Waals surface area contributed by atoms with Crippen molar-refractivity contribution in [2.45, 2.75) is 19.9 Å². The molecule has 0 bridgehead atoms. The topological polar surface area (TPSA) is 81.9 Å². The van der Waals surface area contributed by atoms with E-state index in [0.717, 1.165) is 50.9 Å². The summed E-state index contributed by atoms with van der Waals surface area (Å²) in [4.78, 5) is 22.8. The van der Waals surface area contributed by atoms with Gasteiger partial charge in [0, 0.05) is 65.5 Å². The number of carbonyl (C=O) groups is 1. The minimum absolute atomic E-state index is 0.00991. The summed E-state index contributed by atoms with van der Waals surface area (Å²) < 4.78 is 2.04. The van der Waals surface area contributed by atoms with Crippen LogP contribution in [0.25, 0.3) is 0 Å². The van der Waals surface area contributed by atoms with Gasteiger partial charge < -0.3 is 24.6 Å². The van der Waals surface area contributed by atoms with Crippen LogP contribution in [-0.2, 0) is 17.8 Å². The molecule has 2 heterocycles. The first-order chi connectivity index (χ1) is 14.6. The fourth-order valence-electron chi connectivity index (χ4n) is 3.39. The van der Waals surface area contributed by atoms with Crippen LogP contribution in [0.4, 0.5) is 5.69 Å². The van der Waals surface area contributed by atoms with Crippen molar-refractivity contribution >= 4 is 17.6 Å². The summed E-state index contributed by atoms with van der Waals surface area (Å²) >= 11 is 0. The molecule has 0 unspecified atom stereocenters. The number of hydrogen-bond acceptors (Lipinski definition) is 5. The van der Waals surface area contributed by atoms with E-state index in [9.17, 15) is 4.79 Å². The van der Waals surface area contributed by atoms with Crippen molar-refractivity contribution < 1.29 is 4.79 Å². The number of aliphatic imine (C=N–C) groups is 1. The molecule has 0 atom stereocenters. The lowest BCUT2D eigenvalue weighted by molar-refractivity contribution is -0.127. The molecule has 9 heteroatoms. The van der Waals surface area contributed by atoms with Crippen LogP contribution in [0, 0.1) is 0 Å². The number of nitrogens with zero attached hydrogens (tertiary/aromatic N) is 7. The molecule has 9 nitrogen and oxygen atoms in total. The van der Waals surface area contributed by atoms with Gasteiger partial charge in [-0.3, -0.25) is 4.79 Å². The predicted molar refractivity (Wildman–Crippen MR) is 119 cm³/mol. The van der Waals surface area contributed by atoms with Crippen LogP contribution in [0.1, 0.15) is 12.7 Å². The fraction of sp³-hybridized carbons (Fsp3) is 0.524. The molecule has 1 aliphatic heterocycles. The summed E-state index contributed by atoms with van der Waals surface area (Å²) in [7, 11) is 3.50. The number of carbonyl (C=O) groups excluding carboxylic acids is 1. The second-order valence-corrected chi connectivity index (χ2v) is 7.46. The molecule has 1 aromatic carbocycles. The summed E-state index contributed by atoms with van der Waals surface area (Å²) in [5.41, 5.74) is 1.24. The molecular formula is C21H32N8O. The van der Waals surface area contributed by atoms with Gasteiger partial charge in [-0.2, -0.15) is 0 Å². The first-order valence-corrected chi connectivity index (χ1v) is 10.5. The number of piperazine rings is 1. The van der Waals surface area contributed by atoms with Gasteiger partial charge in [0.2, 0.25) is 5.91 Å². The third kappa shape index (κ3) is 5.71. The van der Waals surface area contributed by atoms with Crippen LogP contribution < -0.4 is 10.2 Å². The van der Waals surface area contributed by atoms with E-state index < -0.39 is 0 Å². The van der Waals surface area contributed by atoms with Crippen molar-refractivity contribution in [1.82, 2.24) is 29.9 Å². The number of para-hydroxylation sites is 1. The van der Waals surface area contributed by atoms with Crippen molar-refractivity contribution in [3.8, 4) is 0 Å². The van der Waals surface area contributed by atoms with Gasteiger partial charge >= 0.3 is 0 Å². The van der Waals surface area contributed by atoms with Crippen molar-refractivity contribution in [2.75, 3.05) is 58.3 Å². The molecule has 1 saturated heterocycles. The molecular weight excluding hydrogens is 380 g/mol. The van der Waals surface area contributed by atoms with Crippen LogP contribution in [0.15, 0.2) is 41.7 Å². The van der Waals surface area contributed by atoms with Gasteiger partial charge in [0.05, 0.1) is 0 Å². The molecule has 0 radical (unpaired) electrons. The lowest BCUT2D eigenvalue weighted by Crippen LogP contribution is -2.53. The number of guanidine groups is 1. The third-order valence-corrected chi connectivity index (χ3v) is 5.21. The zero-order chi connectivity index (χ0) is 21.3. The van der Waals surface area contributed by atoms with E-state index in [-0.39, 0.29) is 12.5 Å². The maximum atomic E-state index is 12.1. The van der Waals surface area contributed by atoms with Crippen molar-refractivity contribution in [2.24, 2.45) is 4.99 Å². The van der Waals surface area contributed by atoms with Gasteiger partial charge in [-0.1, -0.05) is 25.1 Å². The number of aryl methyl sites for hydroxylation is 1. The Balaban J connectivity index is 1.61. The number of rotatable bonds is 7. The van der Waals surface area contributed by atoms with E-state index in [1.165, 1.54) is 5.69 Å². The molecule has 1 fully saturated rings. The number of anilines is 1. The highest BCUT2D eigenvalue weighted by molar-refractivity contribution is 5.85. The first-order valence-electron chi connectivity index (χ1n) is 10.5. The van der Waals surface area contributed by atoms with Gasteiger partial charge in [0.15, 0.2) is 5.96 Å². The Morgan fingerprint density at radius 2 is 1.90 bits per heavy atom. The van der Waals surface area contributed by atoms with Crippen molar-refractivity contribution in [3.05, 3.63) is 42.5 Å². The zero-order valence-electron chi connectivity index (χ0n) is 18.2. The minimum atomic E-state index is -0.00991. The van der Waals surface area contributed by atoms with E-state index >= 15 is 0 Å². The Bertz CT molecular complexity index is 825. The standard InChI is InChI=1S/C21H32N8O/c1-4-19-25-24-17-29(19)11-10-22-21(23-16-20(30)26(2)3)28-14-12-27(13-15-28)18-8-6-5-7-9-18/h5-9,17H,4,10-16H2,1-3H3,(H,22,23). The maximum absolute atomic E-state index is 12.1. The highest BCUT2D eigenvalue weighted by Gasteiger charge is 2.20. The monoisotopic (exact) mass is 412 g/mol. The Hall–Kier alpha value is -3.10. The summed E-state index contributed by atoms with van der Waals surface area (Å²) in [6, 6.07) is 10.5. The molecule has 1 amide bonds. The second kappa shape index (κ2) is 10.6. The Labute approximate surface area is 178 Å². The molecule has 2 aromatic rings. The zero-order valence-corrected chi connectivity index (χ0v) is 18.2. The largest absolute Gasteiger partial charge is 0.368 e. The highest BCUT2D eigenvalue weighted by atomic mass is 16.2. The third-order valence-electron chi connectivity index (χ3n) is 5.21. The van der Waals surface area contributed by atoms with Gasteiger partial charge in [-0.15, -0.1) is 10.2 Å². The number of amides is 1. The SMILES string of the molecule is CCc1nncn1CCNC(=NCC(=O)N(C)C)N1CCN(c2ccccc2)CC1. The molecule has 3 rings (SSSR count).